The summed E-state index contributed by atoms with van der Waals surface area (Å²) in [5.41, 5.74) is 2.38. The molecule has 0 fully saturated rings. The van der Waals surface area contributed by atoms with Crippen molar-refractivity contribution in [3.05, 3.63) is 54.0 Å². The monoisotopic (exact) mass is 341 g/mol. The van der Waals surface area contributed by atoms with E-state index >= 15 is 0 Å². The van der Waals surface area contributed by atoms with E-state index in [0.29, 0.717) is 12.3 Å². The molecule has 2 aromatic rings. The molecule has 2 amide bonds. The van der Waals surface area contributed by atoms with Gasteiger partial charge >= 0.3 is 0 Å². The van der Waals surface area contributed by atoms with Crippen LogP contribution < -0.4 is 10.2 Å². The predicted octanol–water partition coefficient (Wildman–Crippen LogP) is 1.81. The minimum absolute atomic E-state index is 0.0312. The molecular formula is C19H23N3O3. The lowest BCUT2D eigenvalue weighted by Crippen LogP contribution is -2.44. The van der Waals surface area contributed by atoms with Gasteiger partial charge in [0, 0.05) is 18.8 Å². The number of likely N-dealkylation sites (N-methyl/N-ethyl adjacent to an activating group) is 1. The molecule has 0 bridgehead atoms. The molecule has 0 aliphatic carbocycles. The molecule has 25 heavy (non-hydrogen) atoms. The summed E-state index contributed by atoms with van der Waals surface area (Å²) in [6.07, 6.45) is 2.50. The van der Waals surface area contributed by atoms with Gasteiger partial charge in [-0.05, 0) is 37.1 Å². The van der Waals surface area contributed by atoms with Crippen LogP contribution >= 0.6 is 0 Å². The molecule has 1 aliphatic heterocycles. The number of amides is 2. The van der Waals surface area contributed by atoms with Gasteiger partial charge in [0.25, 0.3) is 0 Å². The number of nitrogens with one attached hydrogen (secondary N) is 1. The Morgan fingerprint density at radius 1 is 1.28 bits per heavy atom. The summed E-state index contributed by atoms with van der Waals surface area (Å²) < 4.78 is 5.17. The molecule has 0 saturated carbocycles. The van der Waals surface area contributed by atoms with Crippen molar-refractivity contribution in [2.45, 2.75) is 25.9 Å². The molecular weight excluding hydrogens is 318 g/mol. The molecule has 1 aliphatic rings. The number of carbonyl (C=O) groups is 2. The number of fused-ring (bicyclic) bond motifs is 1. The molecule has 1 N–H and O–H groups in total. The molecule has 0 unspecified atom stereocenters. The summed E-state index contributed by atoms with van der Waals surface area (Å²) >= 11 is 0. The summed E-state index contributed by atoms with van der Waals surface area (Å²) in [6, 6.07) is 12.0. The summed E-state index contributed by atoms with van der Waals surface area (Å²) in [7, 11) is 1.65. The van der Waals surface area contributed by atoms with Crippen molar-refractivity contribution in [2.24, 2.45) is 0 Å². The van der Waals surface area contributed by atoms with Gasteiger partial charge in [-0.1, -0.05) is 18.2 Å². The first kappa shape index (κ1) is 17.1. The molecule has 3 rings (SSSR count). The maximum atomic E-state index is 12.5. The van der Waals surface area contributed by atoms with Gasteiger partial charge < -0.3 is 19.5 Å². The minimum atomic E-state index is -0.206. The lowest BCUT2D eigenvalue weighted by Gasteiger charge is -2.27. The molecule has 0 spiro atoms. The largest absolute Gasteiger partial charge is 0.467 e. The first-order valence-corrected chi connectivity index (χ1v) is 8.42. The van der Waals surface area contributed by atoms with Crippen LogP contribution in [0.4, 0.5) is 5.69 Å². The van der Waals surface area contributed by atoms with Crippen LogP contribution in [-0.2, 0) is 22.6 Å². The van der Waals surface area contributed by atoms with Crippen LogP contribution in [0.5, 0.6) is 0 Å². The zero-order valence-electron chi connectivity index (χ0n) is 14.6. The van der Waals surface area contributed by atoms with Crippen LogP contribution in [0.3, 0.4) is 0 Å². The Hall–Kier alpha value is -2.76. The second-order valence-corrected chi connectivity index (χ2v) is 6.42. The van der Waals surface area contributed by atoms with Crippen LogP contribution in [0.15, 0.2) is 47.1 Å². The van der Waals surface area contributed by atoms with Gasteiger partial charge in [0.2, 0.25) is 11.8 Å². The Morgan fingerprint density at radius 3 is 2.84 bits per heavy atom. The summed E-state index contributed by atoms with van der Waals surface area (Å²) in [6.45, 7) is 2.75. The number of carbonyl (C=O) groups excluding carboxylic acids is 2. The number of hydrogen-bond donors (Lipinski definition) is 1. The Kier molecular flexibility index (Phi) is 5.07. The number of anilines is 1. The molecule has 1 aromatic heterocycles. The van der Waals surface area contributed by atoms with E-state index in [9.17, 15) is 9.59 Å². The molecule has 1 atom stereocenters. The SMILES string of the molecule is C[C@@H]1Cc2ccccc2N1CC(=O)N(C)CC(=O)NCc1ccco1. The van der Waals surface area contributed by atoms with Crippen molar-refractivity contribution in [2.75, 3.05) is 25.0 Å². The maximum Gasteiger partial charge on any atom is 0.242 e. The normalized spacial score (nSPS) is 15.8. The van der Waals surface area contributed by atoms with E-state index < -0.39 is 0 Å². The Bertz CT molecular complexity index is 742. The van der Waals surface area contributed by atoms with Gasteiger partial charge in [0.15, 0.2) is 0 Å². The van der Waals surface area contributed by atoms with E-state index in [0.717, 1.165) is 12.1 Å². The van der Waals surface area contributed by atoms with E-state index in [1.807, 2.05) is 18.2 Å². The zero-order chi connectivity index (χ0) is 17.8. The highest BCUT2D eigenvalue weighted by molar-refractivity contribution is 5.87. The van der Waals surface area contributed by atoms with Crippen molar-refractivity contribution in [3.63, 3.8) is 0 Å². The van der Waals surface area contributed by atoms with Crippen LogP contribution in [0, 0.1) is 0 Å². The molecule has 132 valence electrons. The number of nitrogens with zero attached hydrogens (tertiary/aromatic N) is 2. The Labute approximate surface area is 147 Å². The smallest absolute Gasteiger partial charge is 0.242 e. The van der Waals surface area contributed by atoms with Crippen LogP contribution in [0.25, 0.3) is 0 Å². The van der Waals surface area contributed by atoms with Crippen LogP contribution in [0.2, 0.25) is 0 Å². The van der Waals surface area contributed by atoms with Crippen molar-refractivity contribution in [3.8, 4) is 0 Å². The third kappa shape index (κ3) is 4.02. The fourth-order valence-corrected chi connectivity index (χ4v) is 3.10. The van der Waals surface area contributed by atoms with E-state index in [1.54, 1.807) is 25.4 Å². The molecule has 1 aromatic carbocycles. The Morgan fingerprint density at radius 2 is 2.08 bits per heavy atom. The van der Waals surface area contributed by atoms with Crippen molar-refractivity contribution >= 4 is 17.5 Å². The van der Waals surface area contributed by atoms with E-state index in [-0.39, 0.29) is 30.9 Å². The number of para-hydroxylation sites is 1. The molecule has 0 radical (unpaired) electrons. The van der Waals surface area contributed by atoms with E-state index in [1.165, 1.54) is 10.5 Å². The second-order valence-electron chi connectivity index (χ2n) is 6.42. The average molecular weight is 341 g/mol. The first-order valence-electron chi connectivity index (χ1n) is 8.42. The van der Waals surface area contributed by atoms with Crippen molar-refractivity contribution < 1.29 is 14.0 Å². The van der Waals surface area contributed by atoms with Gasteiger partial charge in [-0.15, -0.1) is 0 Å². The third-order valence-corrected chi connectivity index (χ3v) is 4.50. The summed E-state index contributed by atoms with van der Waals surface area (Å²) in [5, 5.41) is 2.75. The predicted molar refractivity (Wildman–Crippen MR) is 95.1 cm³/mol. The average Bonchev–Trinajstić information content (AvgIpc) is 3.21. The number of hydrogen-bond acceptors (Lipinski definition) is 4. The van der Waals surface area contributed by atoms with Gasteiger partial charge in [0.05, 0.1) is 25.9 Å². The standard InChI is InChI=1S/C19H23N3O3/c1-14-10-15-6-3-4-8-17(15)22(14)13-19(24)21(2)12-18(23)20-11-16-7-5-9-25-16/h3-9,14H,10-13H2,1-2H3,(H,20,23)/t14-/m1/s1. The van der Waals surface area contributed by atoms with Gasteiger partial charge in [0.1, 0.15) is 5.76 Å². The Balaban J connectivity index is 1.51. The highest BCUT2D eigenvalue weighted by Crippen LogP contribution is 2.31. The molecule has 0 saturated heterocycles. The third-order valence-electron chi connectivity index (χ3n) is 4.50. The fourth-order valence-electron chi connectivity index (χ4n) is 3.10. The van der Waals surface area contributed by atoms with Gasteiger partial charge in [-0.2, -0.15) is 0 Å². The highest BCUT2D eigenvalue weighted by Gasteiger charge is 2.28. The molecule has 2 heterocycles. The number of furan rings is 1. The lowest BCUT2D eigenvalue weighted by molar-refractivity contribution is -0.133. The van der Waals surface area contributed by atoms with Crippen LogP contribution in [0.1, 0.15) is 18.2 Å². The quantitative estimate of drug-likeness (QED) is 0.870. The number of rotatable bonds is 6. The molecule has 6 nitrogen and oxygen atoms in total. The van der Waals surface area contributed by atoms with Gasteiger partial charge in [-0.3, -0.25) is 9.59 Å². The number of benzene rings is 1. The van der Waals surface area contributed by atoms with E-state index in [2.05, 4.69) is 23.2 Å². The second kappa shape index (κ2) is 7.42. The maximum absolute atomic E-state index is 12.5. The fraction of sp³-hybridized carbons (Fsp3) is 0.368. The van der Waals surface area contributed by atoms with Crippen molar-refractivity contribution in [1.82, 2.24) is 10.2 Å². The van der Waals surface area contributed by atoms with Gasteiger partial charge in [-0.25, -0.2) is 0 Å². The minimum Gasteiger partial charge on any atom is -0.467 e. The summed E-state index contributed by atoms with van der Waals surface area (Å²) in [4.78, 5) is 28.1. The van der Waals surface area contributed by atoms with E-state index in [4.69, 9.17) is 4.42 Å². The molecule has 6 heteroatoms. The zero-order valence-corrected chi connectivity index (χ0v) is 14.6. The van der Waals surface area contributed by atoms with Crippen LogP contribution in [-0.4, -0.2) is 42.9 Å². The van der Waals surface area contributed by atoms with Crippen molar-refractivity contribution in [1.29, 1.82) is 0 Å². The summed E-state index contributed by atoms with van der Waals surface area (Å²) in [5.74, 6) is 0.406. The highest BCUT2D eigenvalue weighted by atomic mass is 16.3. The lowest BCUT2D eigenvalue weighted by atomic mass is 10.1. The topological polar surface area (TPSA) is 65.8 Å². The first-order chi connectivity index (χ1) is 12.0.